The number of aryl methyl sites for hydroxylation is 1. The number of ketones is 1. The van der Waals surface area contributed by atoms with E-state index in [-0.39, 0.29) is 5.78 Å². The van der Waals surface area contributed by atoms with Gasteiger partial charge in [0.05, 0.1) is 3.79 Å². The van der Waals surface area contributed by atoms with E-state index in [9.17, 15) is 4.79 Å². The maximum atomic E-state index is 11.8. The van der Waals surface area contributed by atoms with Gasteiger partial charge in [-0.1, -0.05) is 30.3 Å². The van der Waals surface area contributed by atoms with E-state index in [0.717, 1.165) is 22.2 Å². The molecule has 1 aromatic carbocycles. The summed E-state index contributed by atoms with van der Waals surface area (Å²) < 4.78 is 1.15. The van der Waals surface area contributed by atoms with Crippen LogP contribution in [-0.2, 0) is 6.42 Å². The minimum Gasteiger partial charge on any atom is -0.294 e. The maximum absolute atomic E-state index is 11.8. The summed E-state index contributed by atoms with van der Waals surface area (Å²) in [6.45, 7) is 0. The lowest BCUT2D eigenvalue weighted by Crippen LogP contribution is -1.98. The number of halogens is 1. The third-order valence-corrected chi connectivity index (χ3v) is 4.24. The first kappa shape index (κ1) is 12.5. The smallest absolute Gasteiger partial charge is 0.162 e. The molecule has 1 heterocycles. The number of hydrogen-bond donors (Lipinski definition) is 0. The Morgan fingerprint density at radius 3 is 2.53 bits per heavy atom. The van der Waals surface area contributed by atoms with Crippen molar-refractivity contribution in [1.29, 1.82) is 0 Å². The second-order valence-corrected chi connectivity index (χ2v) is 6.40. The van der Waals surface area contributed by atoms with Crippen LogP contribution in [0.1, 0.15) is 28.1 Å². The Bertz CT molecular complexity index is 490. The van der Waals surface area contributed by atoms with Crippen LogP contribution in [0.2, 0.25) is 0 Å². The normalized spacial score (nSPS) is 10.4. The first-order chi connectivity index (χ1) is 8.25. The molecule has 0 amide bonds. The van der Waals surface area contributed by atoms with Gasteiger partial charge in [-0.2, -0.15) is 0 Å². The molecular formula is C14H13BrOS. The highest BCUT2D eigenvalue weighted by Gasteiger charge is 2.05. The fourth-order valence-electron chi connectivity index (χ4n) is 1.68. The molecule has 88 valence electrons. The number of thiophene rings is 1. The van der Waals surface area contributed by atoms with Gasteiger partial charge >= 0.3 is 0 Å². The van der Waals surface area contributed by atoms with E-state index in [1.807, 2.05) is 30.3 Å². The van der Waals surface area contributed by atoms with Crippen molar-refractivity contribution in [1.82, 2.24) is 0 Å². The first-order valence-electron chi connectivity index (χ1n) is 5.58. The summed E-state index contributed by atoms with van der Waals surface area (Å²) in [5, 5.41) is 0. The highest BCUT2D eigenvalue weighted by atomic mass is 79.9. The summed E-state index contributed by atoms with van der Waals surface area (Å²) in [6, 6.07) is 13.7. The summed E-state index contributed by atoms with van der Waals surface area (Å²) in [5.41, 5.74) is 0.819. The highest BCUT2D eigenvalue weighted by molar-refractivity contribution is 9.11. The van der Waals surface area contributed by atoms with Crippen molar-refractivity contribution in [3.63, 3.8) is 0 Å². The van der Waals surface area contributed by atoms with Crippen molar-refractivity contribution in [3.8, 4) is 0 Å². The lowest BCUT2D eigenvalue weighted by molar-refractivity contribution is 0.0980. The molecule has 0 N–H and O–H groups in total. The van der Waals surface area contributed by atoms with Crippen LogP contribution in [0.3, 0.4) is 0 Å². The zero-order chi connectivity index (χ0) is 12.1. The van der Waals surface area contributed by atoms with E-state index in [1.165, 1.54) is 4.88 Å². The molecule has 0 unspecified atom stereocenters. The molecule has 0 saturated carbocycles. The molecule has 1 aromatic heterocycles. The molecule has 3 heteroatoms. The van der Waals surface area contributed by atoms with Gasteiger partial charge in [0.25, 0.3) is 0 Å². The molecule has 0 radical (unpaired) electrons. The lowest BCUT2D eigenvalue weighted by atomic mass is 10.1. The van der Waals surface area contributed by atoms with E-state index >= 15 is 0 Å². The van der Waals surface area contributed by atoms with Gasteiger partial charge in [0.15, 0.2) is 5.78 Å². The molecule has 0 bridgehead atoms. The summed E-state index contributed by atoms with van der Waals surface area (Å²) in [5.74, 6) is 0.237. The second kappa shape index (κ2) is 6.12. The van der Waals surface area contributed by atoms with Crippen LogP contribution in [-0.4, -0.2) is 5.78 Å². The standard InChI is InChI=1S/C14H13BrOS/c15-14-10-9-12(17-14)7-4-8-13(16)11-5-2-1-3-6-11/h1-3,5-6,9-10H,4,7-8H2. The maximum Gasteiger partial charge on any atom is 0.162 e. The van der Waals surface area contributed by atoms with Crippen molar-refractivity contribution in [2.24, 2.45) is 0 Å². The van der Waals surface area contributed by atoms with Crippen LogP contribution in [0.4, 0.5) is 0 Å². The average Bonchev–Trinajstić information content (AvgIpc) is 2.76. The zero-order valence-corrected chi connectivity index (χ0v) is 11.8. The average molecular weight is 309 g/mol. The van der Waals surface area contributed by atoms with Crippen molar-refractivity contribution < 1.29 is 4.79 Å². The fourth-order valence-corrected chi connectivity index (χ4v) is 3.20. The molecule has 0 spiro atoms. The van der Waals surface area contributed by atoms with Crippen LogP contribution >= 0.6 is 27.3 Å². The van der Waals surface area contributed by atoms with Gasteiger partial charge in [0, 0.05) is 16.9 Å². The summed E-state index contributed by atoms with van der Waals surface area (Å²) in [4.78, 5) is 13.2. The van der Waals surface area contributed by atoms with Gasteiger partial charge in [0.2, 0.25) is 0 Å². The fraction of sp³-hybridized carbons (Fsp3) is 0.214. The van der Waals surface area contributed by atoms with Gasteiger partial charge in [-0.25, -0.2) is 0 Å². The Morgan fingerprint density at radius 2 is 1.88 bits per heavy atom. The van der Waals surface area contributed by atoms with Gasteiger partial charge in [-0.05, 0) is 40.9 Å². The number of carbonyl (C=O) groups excluding carboxylic acids is 1. The molecule has 0 fully saturated rings. The number of carbonyl (C=O) groups is 1. The largest absolute Gasteiger partial charge is 0.294 e. The zero-order valence-electron chi connectivity index (χ0n) is 9.36. The SMILES string of the molecule is O=C(CCCc1ccc(Br)s1)c1ccccc1. The van der Waals surface area contributed by atoms with Gasteiger partial charge < -0.3 is 0 Å². The Labute approximate surface area is 114 Å². The summed E-state index contributed by atoms with van der Waals surface area (Å²) in [7, 11) is 0. The molecule has 1 nitrogen and oxygen atoms in total. The Morgan fingerprint density at radius 1 is 1.12 bits per heavy atom. The molecule has 0 saturated heterocycles. The van der Waals surface area contributed by atoms with Crippen molar-refractivity contribution >= 4 is 33.0 Å². The van der Waals surface area contributed by atoms with E-state index in [4.69, 9.17) is 0 Å². The minimum atomic E-state index is 0.237. The van der Waals surface area contributed by atoms with Crippen LogP contribution < -0.4 is 0 Å². The van der Waals surface area contributed by atoms with Crippen LogP contribution in [0, 0.1) is 0 Å². The van der Waals surface area contributed by atoms with Crippen LogP contribution in [0.5, 0.6) is 0 Å². The van der Waals surface area contributed by atoms with Crippen molar-refractivity contribution in [3.05, 3.63) is 56.7 Å². The number of rotatable bonds is 5. The third-order valence-electron chi connectivity index (χ3n) is 2.55. The first-order valence-corrected chi connectivity index (χ1v) is 7.19. The van der Waals surface area contributed by atoms with E-state index in [1.54, 1.807) is 11.3 Å². The van der Waals surface area contributed by atoms with E-state index in [2.05, 4.69) is 28.1 Å². The Balaban J connectivity index is 1.81. The Kier molecular flexibility index (Phi) is 4.51. The van der Waals surface area contributed by atoms with Gasteiger partial charge in [-0.3, -0.25) is 4.79 Å². The highest BCUT2D eigenvalue weighted by Crippen LogP contribution is 2.23. The molecule has 0 atom stereocenters. The van der Waals surface area contributed by atoms with Crippen LogP contribution in [0.25, 0.3) is 0 Å². The van der Waals surface area contributed by atoms with Gasteiger partial charge in [-0.15, -0.1) is 11.3 Å². The molecular weight excluding hydrogens is 296 g/mol. The van der Waals surface area contributed by atoms with Crippen molar-refractivity contribution in [2.45, 2.75) is 19.3 Å². The summed E-state index contributed by atoms with van der Waals surface area (Å²) in [6.07, 6.45) is 2.52. The lowest BCUT2D eigenvalue weighted by Gasteiger charge is -2.00. The minimum absolute atomic E-state index is 0.237. The predicted molar refractivity (Wildman–Crippen MR) is 75.7 cm³/mol. The van der Waals surface area contributed by atoms with Gasteiger partial charge in [0.1, 0.15) is 0 Å². The quantitative estimate of drug-likeness (QED) is 0.731. The van der Waals surface area contributed by atoms with Crippen molar-refractivity contribution in [2.75, 3.05) is 0 Å². The van der Waals surface area contributed by atoms with E-state index < -0.39 is 0 Å². The molecule has 0 aliphatic rings. The van der Waals surface area contributed by atoms with E-state index in [0.29, 0.717) is 6.42 Å². The Hall–Kier alpha value is -0.930. The molecule has 0 aliphatic carbocycles. The number of Topliss-reactive ketones (excluding diaryl/α,β-unsaturated/α-hetero) is 1. The molecule has 17 heavy (non-hydrogen) atoms. The summed E-state index contributed by atoms with van der Waals surface area (Å²) >= 11 is 5.18. The van der Waals surface area contributed by atoms with Crippen LogP contribution in [0.15, 0.2) is 46.3 Å². The monoisotopic (exact) mass is 308 g/mol. The molecule has 2 aromatic rings. The number of hydrogen-bond acceptors (Lipinski definition) is 2. The third kappa shape index (κ3) is 3.79. The second-order valence-electron chi connectivity index (χ2n) is 3.85. The number of benzene rings is 1. The topological polar surface area (TPSA) is 17.1 Å². The molecule has 0 aliphatic heterocycles. The molecule has 2 rings (SSSR count). The predicted octanol–water partition coefficient (Wildman–Crippen LogP) is 4.72.